The molecule has 0 radical (unpaired) electrons. The van der Waals surface area contributed by atoms with Gasteiger partial charge in [0.25, 0.3) is 5.56 Å². The van der Waals surface area contributed by atoms with E-state index in [4.69, 9.17) is 9.47 Å². The van der Waals surface area contributed by atoms with Gasteiger partial charge < -0.3 is 29.4 Å². The summed E-state index contributed by atoms with van der Waals surface area (Å²) < 4.78 is 13.2. The second-order valence-electron chi connectivity index (χ2n) is 9.31. The zero-order valence-electron chi connectivity index (χ0n) is 19.8. The maximum absolute atomic E-state index is 12.6. The van der Waals surface area contributed by atoms with Gasteiger partial charge >= 0.3 is 0 Å². The Kier molecular flexibility index (Phi) is 6.85. The number of fused-ring (bicyclic) bond motifs is 2. The smallest absolute Gasteiger partial charge is 0.251 e. The highest BCUT2D eigenvalue weighted by Crippen LogP contribution is 2.30. The summed E-state index contributed by atoms with van der Waals surface area (Å²) in [6.45, 7) is 7.54. The van der Waals surface area contributed by atoms with E-state index in [2.05, 4.69) is 22.3 Å². The summed E-state index contributed by atoms with van der Waals surface area (Å²) in [5, 5.41) is 14.4. The Morgan fingerprint density at radius 3 is 2.59 bits per heavy atom. The Morgan fingerprint density at radius 2 is 1.79 bits per heavy atom. The van der Waals surface area contributed by atoms with Crippen molar-refractivity contribution in [2.75, 3.05) is 32.8 Å². The summed E-state index contributed by atoms with van der Waals surface area (Å²) in [6, 6.07) is 14.1. The van der Waals surface area contributed by atoms with E-state index in [0.717, 1.165) is 72.5 Å². The number of aromatic nitrogens is 1. The fraction of sp³-hybridized carbons (Fsp3) is 0.444. The van der Waals surface area contributed by atoms with E-state index in [1.54, 1.807) is 6.07 Å². The first-order chi connectivity index (χ1) is 16.6. The molecule has 0 aliphatic carbocycles. The molecule has 0 unspecified atom stereocenters. The number of nitrogens with one attached hydrogen (secondary N) is 1. The molecule has 7 heteroatoms. The number of aliphatic hydroxyl groups is 1. The minimum atomic E-state index is -0.0246. The van der Waals surface area contributed by atoms with Crippen LogP contribution in [0.5, 0.6) is 11.5 Å². The standard InChI is InChI=1S/C27H33N3O4/c1-19-14-21(18-31)23-3-5-27(32)30(24(23)15-19)11-10-29-8-6-22(7-9-29)28-17-20-2-4-25-26(16-20)34-13-12-33-25/h2-5,14-16,22,28,31H,6-13,17-18H2,1H3. The predicted molar refractivity (Wildman–Crippen MR) is 133 cm³/mol. The molecule has 1 saturated heterocycles. The third-order valence-electron chi connectivity index (χ3n) is 6.94. The Morgan fingerprint density at radius 1 is 1.00 bits per heavy atom. The second-order valence-corrected chi connectivity index (χ2v) is 9.31. The maximum atomic E-state index is 12.6. The molecule has 2 aromatic carbocycles. The van der Waals surface area contributed by atoms with Crippen LogP contribution in [0.4, 0.5) is 0 Å². The lowest BCUT2D eigenvalue weighted by Gasteiger charge is -2.32. The van der Waals surface area contributed by atoms with Crippen LogP contribution in [0.2, 0.25) is 0 Å². The first-order valence-electron chi connectivity index (χ1n) is 12.2. The number of piperidine rings is 1. The van der Waals surface area contributed by atoms with Crippen molar-refractivity contribution in [1.29, 1.82) is 0 Å². The Bertz CT molecular complexity index is 1210. The van der Waals surface area contributed by atoms with Crippen molar-refractivity contribution >= 4 is 10.9 Å². The first-order valence-corrected chi connectivity index (χ1v) is 12.2. The fourth-order valence-corrected chi connectivity index (χ4v) is 5.05. The van der Waals surface area contributed by atoms with Gasteiger partial charge in [-0.1, -0.05) is 12.1 Å². The number of aryl methyl sites for hydroxylation is 1. The van der Waals surface area contributed by atoms with Crippen molar-refractivity contribution in [1.82, 2.24) is 14.8 Å². The highest BCUT2D eigenvalue weighted by molar-refractivity contribution is 5.83. The number of pyridine rings is 1. The van der Waals surface area contributed by atoms with Gasteiger partial charge in [0.15, 0.2) is 11.5 Å². The van der Waals surface area contributed by atoms with Crippen molar-refractivity contribution in [3.63, 3.8) is 0 Å². The molecule has 0 saturated carbocycles. The van der Waals surface area contributed by atoms with Gasteiger partial charge in [-0.3, -0.25) is 4.79 Å². The third-order valence-corrected chi connectivity index (χ3v) is 6.94. The number of benzene rings is 2. The van der Waals surface area contributed by atoms with E-state index in [-0.39, 0.29) is 12.2 Å². The molecule has 0 amide bonds. The zero-order chi connectivity index (χ0) is 23.5. The molecule has 2 N–H and O–H groups in total. The molecule has 1 fully saturated rings. The molecule has 0 spiro atoms. The molecule has 7 nitrogen and oxygen atoms in total. The Labute approximate surface area is 199 Å². The van der Waals surface area contributed by atoms with Crippen LogP contribution in [0.15, 0.2) is 47.3 Å². The van der Waals surface area contributed by atoms with Gasteiger partial charge in [-0.25, -0.2) is 0 Å². The van der Waals surface area contributed by atoms with Crippen LogP contribution in [0.3, 0.4) is 0 Å². The summed E-state index contributed by atoms with van der Waals surface area (Å²) >= 11 is 0. The number of aliphatic hydroxyl groups excluding tert-OH is 1. The molecule has 180 valence electrons. The zero-order valence-corrected chi connectivity index (χ0v) is 19.8. The topological polar surface area (TPSA) is 76.0 Å². The lowest BCUT2D eigenvalue weighted by Crippen LogP contribution is -2.43. The van der Waals surface area contributed by atoms with Crippen molar-refractivity contribution in [2.24, 2.45) is 0 Å². The summed E-state index contributed by atoms with van der Waals surface area (Å²) in [5.74, 6) is 1.67. The summed E-state index contributed by atoms with van der Waals surface area (Å²) in [7, 11) is 0. The normalized spacial score (nSPS) is 16.8. The highest BCUT2D eigenvalue weighted by Gasteiger charge is 2.20. The second kappa shape index (κ2) is 10.2. The largest absolute Gasteiger partial charge is 0.486 e. The molecule has 0 bridgehead atoms. The maximum Gasteiger partial charge on any atom is 0.251 e. The number of hydrogen-bond donors (Lipinski definition) is 2. The summed E-state index contributed by atoms with van der Waals surface area (Å²) in [5.41, 5.74) is 4.06. The molecule has 2 aliphatic heterocycles. The van der Waals surface area contributed by atoms with E-state index < -0.39 is 0 Å². The summed E-state index contributed by atoms with van der Waals surface area (Å²) in [4.78, 5) is 15.1. The van der Waals surface area contributed by atoms with Crippen LogP contribution >= 0.6 is 0 Å². The van der Waals surface area contributed by atoms with Gasteiger partial charge in [0, 0.05) is 37.1 Å². The SMILES string of the molecule is Cc1cc(CO)c2ccc(=O)n(CCN3CCC(NCc4ccc5c(c4)OCCO5)CC3)c2c1. The molecular formula is C27H33N3O4. The fourth-order valence-electron chi connectivity index (χ4n) is 5.05. The van der Waals surface area contributed by atoms with Crippen LogP contribution in [-0.4, -0.2) is 53.5 Å². The Hall–Kier alpha value is -2.87. The predicted octanol–water partition coefficient (Wildman–Crippen LogP) is 2.83. The van der Waals surface area contributed by atoms with Gasteiger partial charge in [0.05, 0.1) is 12.1 Å². The van der Waals surface area contributed by atoms with E-state index in [0.29, 0.717) is 25.8 Å². The van der Waals surface area contributed by atoms with Gasteiger partial charge in [-0.15, -0.1) is 0 Å². The number of rotatable bonds is 7. The van der Waals surface area contributed by atoms with Crippen molar-refractivity contribution < 1.29 is 14.6 Å². The molecule has 5 rings (SSSR count). The van der Waals surface area contributed by atoms with Crippen LogP contribution in [0, 0.1) is 6.92 Å². The van der Waals surface area contributed by atoms with Crippen LogP contribution in [0.1, 0.15) is 29.5 Å². The van der Waals surface area contributed by atoms with Gasteiger partial charge in [-0.2, -0.15) is 0 Å². The third kappa shape index (κ3) is 4.97. The lowest BCUT2D eigenvalue weighted by atomic mass is 10.0. The van der Waals surface area contributed by atoms with E-state index in [9.17, 15) is 9.90 Å². The average molecular weight is 464 g/mol. The van der Waals surface area contributed by atoms with Gasteiger partial charge in [0.2, 0.25) is 0 Å². The van der Waals surface area contributed by atoms with Gasteiger partial charge in [0.1, 0.15) is 13.2 Å². The minimum Gasteiger partial charge on any atom is -0.486 e. The average Bonchev–Trinajstić information content (AvgIpc) is 2.87. The van der Waals surface area contributed by atoms with Crippen molar-refractivity contribution in [3.8, 4) is 11.5 Å². The summed E-state index contributed by atoms with van der Waals surface area (Å²) in [6.07, 6.45) is 2.17. The molecule has 0 atom stereocenters. The van der Waals surface area contributed by atoms with Gasteiger partial charge in [-0.05, 0) is 73.8 Å². The van der Waals surface area contributed by atoms with E-state index in [1.807, 2.05) is 35.8 Å². The number of hydrogen-bond acceptors (Lipinski definition) is 6. The van der Waals surface area contributed by atoms with Crippen LogP contribution in [-0.2, 0) is 19.7 Å². The van der Waals surface area contributed by atoms with Crippen LogP contribution in [0.25, 0.3) is 10.9 Å². The quantitative estimate of drug-likeness (QED) is 0.561. The van der Waals surface area contributed by atoms with E-state index in [1.165, 1.54) is 5.56 Å². The molecule has 2 aliphatic rings. The lowest BCUT2D eigenvalue weighted by molar-refractivity contribution is 0.171. The molecule has 34 heavy (non-hydrogen) atoms. The monoisotopic (exact) mass is 463 g/mol. The molecule has 3 aromatic rings. The van der Waals surface area contributed by atoms with Crippen molar-refractivity contribution in [2.45, 2.75) is 45.5 Å². The van der Waals surface area contributed by atoms with Crippen molar-refractivity contribution in [3.05, 3.63) is 69.5 Å². The first kappa shape index (κ1) is 22.9. The Balaban J connectivity index is 1.15. The number of ether oxygens (including phenoxy) is 2. The number of likely N-dealkylation sites (tertiary alicyclic amines) is 1. The highest BCUT2D eigenvalue weighted by atomic mass is 16.6. The molecule has 3 heterocycles. The minimum absolute atomic E-state index is 0.0120. The van der Waals surface area contributed by atoms with E-state index >= 15 is 0 Å². The van der Waals surface area contributed by atoms with Crippen LogP contribution < -0.4 is 20.3 Å². The number of nitrogens with zero attached hydrogens (tertiary/aromatic N) is 2. The molecule has 1 aromatic heterocycles. The molecular weight excluding hydrogens is 430 g/mol.